The van der Waals surface area contributed by atoms with Gasteiger partial charge >= 0.3 is 0 Å². The molecule has 11 heteroatoms. The van der Waals surface area contributed by atoms with Crippen LogP contribution in [0.2, 0.25) is 0 Å². The van der Waals surface area contributed by atoms with Crippen LogP contribution in [0, 0.1) is 10.1 Å². The van der Waals surface area contributed by atoms with Gasteiger partial charge in [0.25, 0.3) is 5.69 Å². The Morgan fingerprint density at radius 3 is 2.30 bits per heavy atom. The van der Waals surface area contributed by atoms with Crippen LogP contribution in [0.4, 0.5) is 17.2 Å². The Morgan fingerprint density at radius 1 is 1.11 bits per heavy atom. The molecule has 0 amide bonds. The number of nitro benzene ring substituents is 1. The molecule has 3 rings (SSSR count). The van der Waals surface area contributed by atoms with Crippen LogP contribution in [-0.4, -0.2) is 68.1 Å². The highest BCUT2D eigenvalue weighted by Gasteiger charge is 2.29. The van der Waals surface area contributed by atoms with Gasteiger partial charge in [-0.05, 0) is 12.1 Å². The molecule has 0 bridgehead atoms. The topological polar surface area (TPSA) is 113 Å². The van der Waals surface area contributed by atoms with E-state index in [1.807, 2.05) is 30.0 Å². The zero-order valence-corrected chi connectivity index (χ0v) is 15.8. The van der Waals surface area contributed by atoms with E-state index >= 15 is 0 Å². The van der Waals surface area contributed by atoms with E-state index in [-0.39, 0.29) is 10.6 Å². The van der Waals surface area contributed by atoms with Gasteiger partial charge in [0.05, 0.1) is 21.7 Å². The fraction of sp³-hybridized carbons (Fsp3) is 0.375. The highest BCUT2D eigenvalue weighted by atomic mass is 32.2. The predicted octanol–water partition coefficient (Wildman–Crippen LogP) is 0.962. The minimum Gasteiger partial charge on any atom is -0.376 e. The minimum atomic E-state index is -3.69. The molecule has 0 aliphatic carbocycles. The van der Waals surface area contributed by atoms with Crippen LogP contribution >= 0.6 is 0 Å². The average Bonchev–Trinajstić information content (AvgIpc) is 2.68. The predicted molar refractivity (Wildman–Crippen MR) is 100 cm³/mol. The summed E-state index contributed by atoms with van der Waals surface area (Å²) < 4.78 is 26.9. The van der Waals surface area contributed by atoms with Crippen molar-refractivity contribution in [3.05, 3.63) is 46.6 Å². The number of sulfonamides is 1. The molecule has 2 aromatic rings. The van der Waals surface area contributed by atoms with Gasteiger partial charge in [-0.15, -0.1) is 5.10 Å². The van der Waals surface area contributed by atoms with Crippen LogP contribution in [0.1, 0.15) is 0 Å². The molecular weight excluding hydrogens is 372 g/mol. The second-order valence-corrected chi connectivity index (χ2v) is 8.25. The Labute approximate surface area is 157 Å². The van der Waals surface area contributed by atoms with Crippen molar-refractivity contribution < 1.29 is 13.3 Å². The van der Waals surface area contributed by atoms with E-state index in [1.165, 1.54) is 28.6 Å². The van der Waals surface area contributed by atoms with Gasteiger partial charge < -0.3 is 9.80 Å². The molecule has 27 heavy (non-hydrogen) atoms. The van der Waals surface area contributed by atoms with Gasteiger partial charge in [0.1, 0.15) is 0 Å². The van der Waals surface area contributed by atoms with E-state index < -0.39 is 14.9 Å². The first-order chi connectivity index (χ1) is 12.8. The van der Waals surface area contributed by atoms with Crippen molar-refractivity contribution in [3.8, 4) is 0 Å². The second kappa shape index (κ2) is 7.45. The quantitative estimate of drug-likeness (QED) is 0.546. The molecule has 0 unspecified atom stereocenters. The number of aromatic nitrogens is 2. The van der Waals surface area contributed by atoms with Crippen molar-refractivity contribution in [3.63, 3.8) is 0 Å². The molecule has 2 heterocycles. The van der Waals surface area contributed by atoms with Crippen LogP contribution in [-0.2, 0) is 10.0 Å². The summed E-state index contributed by atoms with van der Waals surface area (Å²) in [4.78, 5) is 14.1. The number of piperazine rings is 1. The molecule has 0 radical (unpaired) electrons. The molecule has 1 aromatic heterocycles. The van der Waals surface area contributed by atoms with Crippen molar-refractivity contribution >= 4 is 27.2 Å². The zero-order chi connectivity index (χ0) is 19.6. The molecule has 0 N–H and O–H groups in total. The third-order valence-electron chi connectivity index (χ3n) is 4.39. The lowest BCUT2D eigenvalue weighted by atomic mass is 10.3. The Bertz CT molecular complexity index is 924. The lowest BCUT2D eigenvalue weighted by molar-refractivity contribution is -0.384. The van der Waals surface area contributed by atoms with Gasteiger partial charge in [-0.2, -0.15) is 9.40 Å². The van der Waals surface area contributed by atoms with Crippen LogP contribution in [0.25, 0.3) is 0 Å². The van der Waals surface area contributed by atoms with Crippen LogP contribution in [0.15, 0.2) is 41.4 Å². The summed E-state index contributed by atoms with van der Waals surface area (Å²) in [5.74, 6) is 0.702. The standard InChI is InChI=1S/C16H20N6O4S/c1-19(2)14-11-16(18-17-12-14)20-7-9-21(10-8-20)27(25,26)15-5-3-13(4-6-15)22(23)24/h3-6,11-12H,7-10H2,1-2H3. The number of nitro groups is 1. The van der Waals surface area contributed by atoms with E-state index in [4.69, 9.17) is 0 Å². The van der Waals surface area contributed by atoms with Gasteiger partial charge in [0.15, 0.2) is 5.82 Å². The Hall–Kier alpha value is -2.79. The number of hydrogen-bond acceptors (Lipinski definition) is 8. The maximum atomic E-state index is 12.8. The molecule has 0 saturated carbocycles. The van der Waals surface area contributed by atoms with E-state index in [1.54, 1.807) is 6.20 Å². The number of anilines is 2. The number of benzene rings is 1. The highest BCUT2D eigenvalue weighted by molar-refractivity contribution is 7.89. The van der Waals surface area contributed by atoms with Crippen molar-refractivity contribution in [2.24, 2.45) is 0 Å². The maximum absolute atomic E-state index is 12.8. The fourth-order valence-corrected chi connectivity index (χ4v) is 4.21. The summed E-state index contributed by atoms with van der Waals surface area (Å²) in [6, 6.07) is 6.85. The molecule has 144 valence electrons. The second-order valence-electron chi connectivity index (χ2n) is 6.31. The van der Waals surface area contributed by atoms with E-state index in [0.29, 0.717) is 32.0 Å². The summed E-state index contributed by atoms with van der Waals surface area (Å²) in [6.45, 7) is 1.57. The lowest BCUT2D eigenvalue weighted by Crippen LogP contribution is -2.49. The monoisotopic (exact) mass is 392 g/mol. The average molecular weight is 392 g/mol. The van der Waals surface area contributed by atoms with Gasteiger partial charge in [0.2, 0.25) is 10.0 Å². The van der Waals surface area contributed by atoms with Gasteiger partial charge in [-0.3, -0.25) is 10.1 Å². The third kappa shape index (κ3) is 3.98. The third-order valence-corrected chi connectivity index (χ3v) is 6.30. The Balaban J connectivity index is 1.71. The highest BCUT2D eigenvalue weighted by Crippen LogP contribution is 2.23. The van der Waals surface area contributed by atoms with Crippen molar-refractivity contribution in [1.82, 2.24) is 14.5 Å². The van der Waals surface area contributed by atoms with Gasteiger partial charge in [-0.1, -0.05) is 0 Å². The molecule has 1 aromatic carbocycles. The number of rotatable bonds is 5. The van der Waals surface area contributed by atoms with Crippen molar-refractivity contribution in [1.29, 1.82) is 0 Å². The summed E-state index contributed by atoms with van der Waals surface area (Å²) in [5, 5.41) is 18.9. The van der Waals surface area contributed by atoms with E-state index in [2.05, 4.69) is 10.2 Å². The first kappa shape index (κ1) is 19.0. The molecule has 1 aliphatic heterocycles. The SMILES string of the molecule is CN(C)c1cnnc(N2CCN(S(=O)(=O)c3ccc([N+](=O)[O-])cc3)CC2)c1. The van der Waals surface area contributed by atoms with Gasteiger partial charge in [-0.25, -0.2) is 8.42 Å². The summed E-state index contributed by atoms with van der Waals surface area (Å²) in [7, 11) is 0.133. The van der Waals surface area contributed by atoms with Crippen LogP contribution in [0.3, 0.4) is 0 Å². The fourth-order valence-electron chi connectivity index (χ4n) is 2.79. The van der Waals surface area contributed by atoms with E-state index in [0.717, 1.165) is 5.69 Å². The molecule has 10 nitrogen and oxygen atoms in total. The normalized spacial score (nSPS) is 15.6. The summed E-state index contributed by atoms with van der Waals surface area (Å²) in [5.41, 5.74) is 0.777. The smallest absolute Gasteiger partial charge is 0.269 e. The van der Waals surface area contributed by atoms with Crippen molar-refractivity contribution in [2.75, 3.05) is 50.1 Å². The molecule has 1 saturated heterocycles. The molecule has 1 aliphatic rings. The number of non-ortho nitro benzene ring substituents is 1. The van der Waals surface area contributed by atoms with Crippen LogP contribution in [0.5, 0.6) is 0 Å². The summed E-state index contributed by atoms with van der Waals surface area (Å²) >= 11 is 0. The Morgan fingerprint density at radius 2 is 1.74 bits per heavy atom. The Kier molecular flexibility index (Phi) is 5.24. The summed E-state index contributed by atoms with van der Waals surface area (Å²) in [6.07, 6.45) is 1.67. The molecular formula is C16H20N6O4S. The first-order valence-electron chi connectivity index (χ1n) is 8.28. The molecule has 0 spiro atoms. The maximum Gasteiger partial charge on any atom is 0.269 e. The van der Waals surface area contributed by atoms with Crippen molar-refractivity contribution in [2.45, 2.75) is 4.90 Å². The number of nitrogens with zero attached hydrogens (tertiary/aromatic N) is 6. The first-order valence-corrected chi connectivity index (χ1v) is 9.72. The lowest BCUT2D eigenvalue weighted by Gasteiger charge is -2.34. The largest absolute Gasteiger partial charge is 0.376 e. The molecule has 1 fully saturated rings. The zero-order valence-electron chi connectivity index (χ0n) is 15.0. The minimum absolute atomic E-state index is 0.0518. The van der Waals surface area contributed by atoms with E-state index in [9.17, 15) is 18.5 Å². The van der Waals surface area contributed by atoms with Gasteiger partial charge in [0, 0.05) is 58.5 Å². The van der Waals surface area contributed by atoms with Crippen LogP contribution < -0.4 is 9.80 Å². The molecule has 0 atom stereocenters. The number of hydrogen-bond donors (Lipinski definition) is 0.